The number of hydrogen-bond acceptors (Lipinski definition) is 5. The number of hydrogen-bond donors (Lipinski definition) is 1. The minimum absolute atomic E-state index is 0.144. The summed E-state index contributed by atoms with van der Waals surface area (Å²) in [4.78, 5) is 31.0. The van der Waals surface area contributed by atoms with Gasteiger partial charge in [0.05, 0.1) is 13.2 Å². The number of rotatable bonds is 12. The third-order valence-corrected chi connectivity index (χ3v) is 6.47. The van der Waals surface area contributed by atoms with Crippen LogP contribution in [-0.2, 0) is 27.3 Å². The molecule has 1 fully saturated rings. The summed E-state index contributed by atoms with van der Waals surface area (Å²) in [6.07, 6.45) is 0.336. The third-order valence-electron chi connectivity index (χ3n) is 6.47. The summed E-state index contributed by atoms with van der Waals surface area (Å²) in [5.41, 5.74) is 1.65. The van der Waals surface area contributed by atoms with Crippen LogP contribution in [0.1, 0.15) is 11.1 Å². The molecule has 1 N–H and O–H groups in total. The molecule has 1 aliphatic heterocycles. The van der Waals surface area contributed by atoms with Crippen molar-refractivity contribution in [2.45, 2.75) is 19.0 Å². The van der Waals surface area contributed by atoms with Crippen LogP contribution in [0, 0.1) is 5.82 Å². The number of para-hydroxylation sites is 1. The van der Waals surface area contributed by atoms with E-state index in [1.807, 2.05) is 48.5 Å². The summed E-state index contributed by atoms with van der Waals surface area (Å²) < 4.78 is 24.7. The highest BCUT2D eigenvalue weighted by molar-refractivity contribution is 5.88. The van der Waals surface area contributed by atoms with Crippen molar-refractivity contribution in [3.63, 3.8) is 0 Å². The van der Waals surface area contributed by atoms with E-state index in [9.17, 15) is 14.0 Å². The Morgan fingerprint density at radius 1 is 0.921 bits per heavy atom. The van der Waals surface area contributed by atoms with Crippen molar-refractivity contribution in [2.24, 2.45) is 0 Å². The van der Waals surface area contributed by atoms with Crippen LogP contribution in [0.4, 0.5) is 4.39 Å². The predicted molar refractivity (Wildman–Crippen MR) is 143 cm³/mol. The number of nitrogens with zero attached hydrogens (tertiary/aromatic N) is 2. The van der Waals surface area contributed by atoms with Crippen LogP contribution in [0.3, 0.4) is 0 Å². The predicted octanol–water partition coefficient (Wildman–Crippen LogP) is 3.29. The van der Waals surface area contributed by atoms with Gasteiger partial charge in [-0.25, -0.2) is 4.39 Å². The van der Waals surface area contributed by atoms with Gasteiger partial charge in [0.25, 0.3) is 5.91 Å². The van der Waals surface area contributed by atoms with E-state index >= 15 is 0 Å². The molecular formula is C30H34FN3O4. The van der Waals surface area contributed by atoms with Gasteiger partial charge in [0.1, 0.15) is 17.6 Å². The Kier molecular flexibility index (Phi) is 10.2. The number of nitrogens with one attached hydrogen (secondary N) is 1. The lowest BCUT2D eigenvalue weighted by atomic mass is 10.0. The summed E-state index contributed by atoms with van der Waals surface area (Å²) >= 11 is 0. The molecule has 38 heavy (non-hydrogen) atoms. The Morgan fingerprint density at radius 3 is 2.26 bits per heavy atom. The maximum atomic E-state index is 13.6. The number of morpholine rings is 1. The molecule has 200 valence electrons. The van der Waals surface area contributed by atoms with Crippen LogP contribution in [0.5, 0.6) is 5.75 Å². The smallest absolute Gasteiger partial charge is 0.261 e. The van der Waals surface area contributed by atoms with E-state index in [-0.39, 0.29) is 30.8 Å². The minimum atomic E-state index is -0.779. The van der Waals surface area contributed by atoms with Crippen LogP contribution >= 0.6 is 0 Å². The summed E-state index contributed by atoms with van der Waals surface area (Å²) in [5.74, 6) is -0.363. The molecule has 0 unspecified atom stereocenters. The third kappa shape index (κ3) is 8.39. The lowest BCUT2D eigenvalue weighted by Crippen LogP contribution is -2.52. The summed E-state index contributed by atoms with van der Waals surface area (Å²) in [6, 6.07) is 23.9. The molecule has 1 atom stereocenters. The zero-order valence-corrected chi connectivity index (χ0v) is 21.4. The molecule has 3 aromatic rings. The highest BCUT2D eigenvalue weighted by Gasteiger charge is 2.30. The fourth-order valence-corrected chi connectivity index (χ4v) is 4.36. The quantitative estimate of drug-likeness (QED) is 0.398. The van der Waals surface area contributed by atoms with Gasteiger partial charge >= 0.3 is 0 Å². The highest BCUT2D eigenvalue weighted by atomic mass is 19.1. The molecular weight excluding hydrogens is 485 g/mol. The molecule has 4 rings (SSSR count). The van der Waals surface area contributed by atoms with Crippen molar-refractivity contribution in [3.8, 4) is 5.75 Å². The monoisotopic (exact) mass is 519 g/mol. The van der Waals surface area contributed by atoms with Gasteiger partial charge in [-0.15, -0.1) is 0 Å². The van der Waals surface area contributed by atoms with Crippen LogP contribution in [-0.4, -0.2) is 73.7 Å². The van der Waals surface area contributed by atoms with E-state index in [1.165, 1.54) is 17.0 Å². The summed E-state index contributed by atoms with van der Waals surface area (Å²) in [6.45, 7) is 4.12. The lowest BCUT2D eigenvalue weighted by Gasteiger charge is -2.32. The van der Waals surface area contributed by atoms with Crippen molar-refractivity contribution >= 4 is 11.8 Å². The Labute approximate surface area is 223 Å². The highest BCUT2D eigenvalue weighted by Crippen LogP contribution is 2.16. The molecule has 3 aromatic carbocycles. The van der Waals surface area contributed by atoms with E-state index in [0.717, 1.165) is 24.2 Å². The maximum Gasteiger partial charge on any atom is 0.261 e. The summed E-state index contributed by atoms with van der Waals surface area (Å²) in [7, 11) is 0. The van der Waals surface area contributed by atoms with Gasteiger partial charge in [-0.3, -0.25) is 14.5 Å². The second-order valence-corrected chi connectivity index (χ2v) is 9.20. The van der Waals surface area contributed by atoms with Crippen molar-refractivity contribution in [3.05, 3.63) is 102 Å². The molecule has 8 heteroatoms. The number of ether oxygens (including phenoxy) is 2. The van der Waals surface area contributed by atoms with Crippen molar-refractivity contribution < 1.29 is 23.5 Å². The maximum absolute atomic E-state index is 13.6. The van der Waals surface area contributed by atoms with E-state index in [4.69, 9.17) is 9.47 Å². The van der Waals surface area contributed by atoms with Gasteiger partial charge in [0.2, 0.25) is 5.91 Å². The molecule has 1 saturated heterocycles. The standard InChI is InChI=1S/C30H34FN3O4/c31-26-13-11-25(12-14-26)22-34(29(35)23-38-27-9-5-2-6-10-27)28(21-24-7-3-1-4-8-24)30(36)32-15-16-33-17-19-37-20-18-33/h1-14,28H,15-23H2,(H,32,36)/t28-/m0/s1. The van der Waals surface area contributed by atoms with Crippen molar-refractivity contribution in [1.82, 2.24) is 15.1 Å². The Bertz CT molecular complexity index is 1140. The van der Waals surface area contributed by atoms with Gasteiger partial charge in [-0.05, 0) is 35.4 Å². The average molecular weight is 520 g/mol. The van der Waals surface area contributed by atoms with E-state index < -0.39 is 6.04 Å². The van der Waals surface area contributed by atoms with Crippen molar-refractivity contribution in [2.75, 3.05) is 46.0 Å². The van der Waals surface area contributed by atoms with Gasteiger partial charge in [-0.2, -0.15) is 0 Å². The fourth-order valence-electron chi connectivity index (χ4n) is 4.36. The van der Waals surface area contributed by atoms with Gasteiger partial charge in [0, 0.05) is 39.1 Å². The van der Waals surface area contributed by atoms with E-state index in [2.05, 4.69) is 10.2 Å². The largest absolute Gasteiger partial charge is 0.484 e. The number of halogens is 1. The van der Waals surface area contributed by atoms with Gasteiger partial charge in [0.15, 0.2) is 6.61 Å². The topological polar surface area (TPSA) is 71.1 Å². The molecule has 0 aromatic heterocycles. The minimum Gasteiger partial charge on any atom is -0.484 e. The molecule has 0 spiro atoms. The second kappa shape index (κ2) is 14.3. The average Bonchev–Trinajstić information content (AvgIpc) is 2.96. The van der Waals surface area contributed by atoms with Gasteiger partial charge < -0.3 is 19.7 Å². The van der Waals surface area contributed by atoms with Crippen LogP contribution in [0.2, 0.25) is 0 Å². The Balaban J connectivity index is 1.53. The first-order valence-corrected chi connectivity index (χ1v) is 12.9. The molecule has 7 nitrogen and oxygen atoms in total. The zero-order valence-electron chi connectivity index (χ0n) is 21.4. The van der Waals surface area contributed by atoms with Crippen molar-refractivity contribution in [1.29, 1.82) is 0 Å². The van der Waals surface area contributed by atoms with E-state index in [0.29, 0.717) is 38.5 Å². The Morgan fingerprint density at radius 2 is 1.58 bits per heavy atom. The molecule has 0 radical (unpaired) electrons. The SMILES string of the molecule is O=C(NCCN1CCOCC1)[C@H](Cc1ccccc1)N(Cc1ccc(F)cc1)C(=O)COc1ccccc1. The molecule has 1 heterocycles. The first-order valence-electron chi connectivity index (χ1n) is 12.9. The Hall–Kier alpha value is -3.75. The molecule has 0 aliphatic carbocycles. The second-order valence-electron chi connectivity index (χ2n) is 9.20. The fraction of sp³-hybridized carbons (Fsp3) is 0.333. The van der Waals surface area contributed by atoms with Crippen LogP contribution in [0.15, 0.2) is 84.9 Å². The first kappa shape index (κ1) is 27.3. The van der Waals surface area contributed by atoms with Crippen LogP contribution in [0.25, 0.3) is 0 Å². The lowest BCUT2D eigenvalue weighted by molar-refractivity contribution is -0.142. The molecule has 2 amide bonds. The van der Waals surface area contributed by atoms with Crippen LogP contribution < -0.4 is 10.1 Å². The molecule has 0 saturated carbocycles. The number of carbonyl (C=O) groups is 2. The number of benzene rings is 3. The molecule has 0 bridgehead atoms. The first-order chi connectivity index (χ1) is 18.6. The van der Waals surface area contributed by atoms with E-state index in [1.54, 1.807) is 24.3 Å². The number of amides is 2. The summed E-state index contributed by atoms with van der Waals surface area (Å²) in [5, 5.41) is 3.04. The molecule has 1 aliphatic rings. The van der Waals surface area contributed by atoms with Gasteiger partial charge in [-0.1, -0.05) is 60.7 Å². The zero-order chi connectivity index (χ0) is 26.6. The normalized spacial score (nSPS) is 14.4. The number of carbonyl (C=O) groups excluding carboxylic acids is 2.